The van der Waals surface area contributed by atoms with Crippen LogP contribution in [0.5, 0.6) is 0 Å². The zero-order chi connectivity index (χ0) is 25.7. The van der Waals surface area contributed by atoms with E-state index in [1.165, 1.54) is 12.1 Å². The number of amides is 1. The van der Waals surface area contributed by atoms with E-state index in [1.54, 1.807) is 24.3 Å². The molecule has 0 atom stereocenters. The minimum atomic E-state index is -4.63. The van der Waals surface area contributed by atoms with Gasteiger partial charge in [0.1, 0.15) is 4.90 Å². The van der Waals surface area contributed by atoms with Gasteiger partial charge in [0.05, 0.1) is 27.9 Å². The van der Waals surface area contributed by atoms with Crippen molar-refractivity contribution in [2.24, 2.45) is 0 Å². The lowest BCUT2D eigenvalue weighted by Gasteiger charge is -2.21. The van der Waals surface area contributed by atoms with Crippen LogP contribution in [0.4, 0.5) is 13.2 Å². The molecule has 0 unspecified atom stereocenters. The van der Waals surface area contributed by atoms with Crippen molar-refractivity contribution in [2.75, 3.05) is 6.26 Å². The van der Waals surface area contributed by atoms with E-state index in [-0.39, 0.29) is 16.8 Å². The molecular formula is C27H21F3N2O3S. The van der Waals surface area contributed by atoms with E-state index in [4.69, 9.17) is 0 Å². The Bertz CT molecular complexity index is 1600. The number of fused-ring (bicyclic) bond motifs is 1. The SMILES string of the molecule is CS(=O)(=O)c1c(-c2cccc(C(F)(F)F)c2)nc2ccccc2c1C(=O)NC1(c2ccccc2)CC1. The fraction of sp³-hybridized carbons (Fsp3) is 0.185. The summed E-state index contributed by atoms with van der Waals surface area (Å²) in [6.45, 7) is 0. The molecule has 4 aromatic rings. The average Bonchev–Trinajstić information content (AvgIpc) is 3.63. The van der Waals surface area contributed by atoms with Crippen LogP contribution in [-0.4, -0.2) is 25.6 Å². The third-order valence-electron chi connectivity index (χ3n) is 6.34. The van der Waals surface area contributed by atoms with Gasteiger partial charge < -0.3 is 5.32 Å². The molecule has 1 N–H and O–H groups in total. The van der Waals surface area contributed by atoms with Crippen LogP contribution in [0.15, 0.2) is 83.8 Å². The lowest BCUT2D eigenvalue weighted by atomic mass is 10.00. The Labute approximate surface area is 205 Å². The zero-order valence-electron chi connectivity index (χ0n) is 19.1. The molecule has 1 heterocycles. The number of nitrogens with one attached hydrogen (secondary N) is 1. The number of hydrogen-bond donors (Lipinski definition) is 1. The first-order valence-electron chi connectivity index (χ1n) is 11.2. The van der Waals surface area contributed by atoms with Gasteiger partial charge in [0.2, 0.25) is 0 Å². The number of nitrogens with zero attached hydrogens (tertiary/aromatic N) is 1. The number of carbonyl (C=O) groups excluding carboxylic acids is 1. The highest BCUT2D eigenvalue weighted by molar-refractivity contribution is 7.91. The number of hydrogen-bond acceptors (Lipinski definition) is 4. The monoisotopic (exact) mass is 510 g/mol. The van der Waals surface area contributed by atoms with Crippen LogP contribution in [0.25, 0.3) is 22.2 Å². The number of pyridine rings is 1. The van der Waals surface area contributed by atoms with Gasteiger partial charge in [-0.1, -0.05) is 60.7 Å². The number of alkyl halides is 3. The maximum atomic E-state index is 13.8. The minimum absolute atomic E-state index is 0.0470. The molecule has 1 aliphatic rings. The fourth-order valence-corrected chi connectivity index (χ4v) is 5.56. The van der Waals surface area contributed by atoms with Crippen molar-refractivity contribution in [3.8, 4) is 11.3 Å². The molecule has 1 amide bonds. The zero-order valence-corrected chi connectivity index (χ0v) is 20.0. The van der Waals surface area contributed by atoms with Crippen LogP contribution in [0.2, 0.25) is 0 Å². The molecule has 3 aromatic carbocycles. The second-order valence-corrected chi connectivity index (χ2v) is 10.9. The molecule has 5 rings (SSSR count). The molecule has 0 saturated heterocycles. The number of rotatable bonds is 5. The molecule has 5 nitrogen and oxygen atoms in total. The Balaban J connectivity index is 1.75. The third kappa shape index (κ3) is 4.35. The van der Waals surface area contributed by atoms with Gasteiger partial charge in [-0.3, -0.25) is 4.79 Å². The molecule has 0 aliphatic heterocycles. The first-order chi connectivity index (χ1) is 17.0. The number of benzene rings is 3. The summed E-state index contributed by atoms with van der Waals surface area (Å²) in [5.41, 5.74) is -0.749. The van der Waals surface area contributed by atoms with Crippen LogP contribution in [0.3, 0.4) is 0 Å². The van der Waals surface area contributed by atoms with Crippen molar-refractivity contribution in [3.63, 3.8) is 0 Å². The van der Waals surface area contributed by atoms with Crippen molar-refractivity contribution in [3.05, 3.63) is 95.6 Å². The molecule has 0 bridgehead atoms. The van der Waals surface area contributed by atoms with Crippen LogP contribution in [-0.2, 0) is 21.6 Å². The van der Waals surface area contributed by atoms with E-state index < -0.39 is 37.9 Å². The first kappa shape index (κ1) is 24.0. The quantitative estimate of drug-likeness (QED) is 0.371. The summed E-state index contributed by atoms with van der Waals surface area (Å²) >= 11 is 0. The van der Waals surface area contributed by atoms with Gasteiger partial charge in [-0.2, -0.15) is 13.2 Å². The minimum Gasteiger partial charge on any atom is -0.342 e. The predicted molar refractivity (Wildman–Crippen MR) is 130 cm³/mol. The molecule has 1 aromatic heterocycles. The Morgan fingerprint density at radius 2 is 1.61 bits per heavy atom. The van der Waals surface area contributed by atoms with E-state index >= 15 is 0 Å². The molecule has 36 heavy (non-hydrogen) atoms. The van der Waals surface area contributed by atoms with Crippen molar-refractivity contribution in [1.82, 2.24) is 10.3 Å². The number of aromatic nitrogens is 1. The van der Waals surface area contributed by atoms with E-state index in [0.29, 0.717) is 23.7 Å². The Kier molecular flexibility index (Phi) is 5.63. The topological polar surface area (TPSA) is 76.1 Å². The number of carbonyl (C=O) groups is 1. The largest absolute Gasteiger partial charge is 0.416 e. The highest BCUT2D eigenvalue weighted by Crippen LogP contribution is 2.46. The van der Waals surface area contributed by atoms with Crippen molar-refractivity contribution < 1.29 is 26.4 Å². The number of halogens is 3. The lowest BCUT2D eigenvalue weighted by molar-refractivity contribution is -0.137. The molecular weight excluding hydrogens is 489 g/mol. The maximum Gasteiger partial charge on any atom is 0.416 e. The smallest absolute Gasteiger partial charge is 0.342 e. The Morgan fingerprint density at radius 3 is 2.25 bits per heavy atom. The van der Waals surface area contributed by atoms with Gasteiger partial charge in [-0.25, -0.2) is 13.4 Å². The Hall–Kier alpha value is -3.72. The highest BCUT2D eigenvalue weighted by Gasteiger charge is 2.46. The van der Waals surface area contributed by atoms with Crippen LogP contribution in [0.1, 0.15) is 34.3 Å². The third-order valence-corrected chi connectivity index (χ3v) is 7.48. The van der Waals surface area contributed by atoms with E-state index in [2.05, 4.69) is 10.3 Å². The van der Waals surface area contributed by atoms with Gasteiger partial charge in [0.25, 0.3) is 5.91 Å². The molecule has 9 heteroatoms. The standard InChI is InChI=1S/C27H21F3N2O3S/c1-36(34,35)24-22(25(33)32-26(14-15-26)18-9-3-2-4-10-18)20-12-5-6-13-21(20)31-23(24)17-8-7-11-19(16-17)27(28,29)30/h2-13,16H,14-15H2,1H3,(H,32,33). The van der Waals surface area contributed by atoms with Gasteiger partial charge in [0, 0.05) is 17.2 Å². The average molecular weight is 511 g/mol. The summed E-state index contributed by atoms with van der Waals surface area (Å²) in [5, 5.41) is 3.31. The number of sulfone groups is 1. The van der Waals surface area contributed by atoms with Gasteiger partial charge in [-0.05, 0) is 36.6 Å². The second kappa shape index (κ2) is 8.44. The molecule has 1 fully saturated rings. The summed E-state index contributed by atoms with van der Waals surface area (Å²) in [6.07, 6.45) is -2.34. The fourth-order valence-electron chi connectivity index (χ4n) is 4.47. The van der Waals surface area contributed by atoms with E-state index in [0.717, 1.165) is 24.0 Å². The molecule has 1 aliphatic carbocycles. The van der Waals surface area contributed by atoms with Gasteiger partial charge >= 0.3 is 6.18 Å². The van der Waals surface area contributed by atoms with E-state index in [1.807, 2.05) is 30.3 Å². The maximum absolute atomic E-state index is 13.8. The summed E-state index contributed by atoms with van der Waals surface area (Å²) in [6, 6.07) is 20.2. The summed E-state index contributed by atoms with van der Waals surface area (Å²) in [5.74, 6) is -0.622. The summed E-state index contributed by atoms with van der Waals surface area (Å²) in [4.78, 5) is 17.8. The highest BCUT2D eigenvalue weighted by atomic mass is 32.2. The van der Waals surface area contributed by atoms with E-state index in [9.17, 15) is 26.4 Å². The normalized spacial score (nSPS) is 15.0. The predicted octanol–water partition coefficient (Wildman–Crippen LogP) is 5.74. The second-order valence-electron chi connectivity index (χ2n) is 8.93. The molecule has 0 radical (unpaired) electrons. The first-order valence-corrected chi connectivity index (χ1v) is 13.1. The Morgan fingerprint density at radius 1 is 0.944 bits per heavy atom. The molecule has 0 spiro atoms. The van der Waals surface area contributed by atoms with Crippen LogP contribution >= 0.6 is 0 Å². The van der Waals surface area contributed by atoms with Crippen LogP contribution < -0.4 is 5.32 Å². The van der Waals surface area contributed by atoms with Crippen molar-refractivity contribution >= 4 is 26.6 Å². The summed E-state index contributed by atoms with van der Waals surface area (Å²) < 4.78 is 66.5. The van der Waals surface area contributed by atoms with Crippen molar-refractivity contribution in [2.45, 2.75) is 29.5 Å². The molecule has 1 saturated carbocycles. The van der Waals surface area contributed by atoms with Gasteiger partial charge in [0.15, 0.2) is 9.84 Å². The lowest BCUT2D eigenvalue weighted by Crippen LogP contribution is -2.36. The van der Waals surface area contributed by atoms with Crippen LogP contribution in [0, 0.1) is 0 Å². The summed E-state index contributed by atoms with van der Waals surface area (Å²) in [7, 11) is -4.10. The van der Waals surface area contributed by atoms with Gasteiger partial charge in [-0.15, -0.1) is 0 Å². The molecule has 184 valence electrons. The number of para-hydroxylation sites is 1. The van der Waals surface area contributed by atoms with Crippen molar-refractivity contribution in [1.29, 1.82) is 0 Å².